The van der Waals surface area contributed by atoms with Crippen molar-refractivity contribution in [3.8, 4) is 0 Å². The third-order valence-corrected chi connectivity index (χ3v) is 4.27. The van der Waals surface area contributed by atoms with Gasteiger partial charge in [0.2, 0.25) is 0 Å². The van der Waals surface area contributed by atoms with E-state index in [2.05, 4.69) is 14.6 Å². The van der Waals surface area contributed by atoms with E-state index in [-0.39, 0.29) is 5.56 Å². The molecule has 0 aliphatic carbocycles. The molecule has 0 amide bonds. The van der Waals surface area contributed by atoms with Crippen LogP contribution in [0.4, 0.5) is 5.69 Å². The van der Waals surface area contributed by atoms with Crippen molar-refractivity contribution in [3.05, 3.63) is 69.8 Å². The third-order valence-electron chi connectivity index (χ3n) is 3.56. The Bertz CT molecular complexity index is 751. The highest BCUT2D eigenvalue weighted by Gasteiger charge is 2.20. The van der Waals surface area contributed by atoms with E-state index in [4.69, 9.17) is 0 Å². The number of nitrogens with zero attached hydrogens (tertiary/aromatic N) is 1. The molecule has 0 atom stereocenters. The molecule has 2 N–H and O–H groups in total. The quantitative estimate of drug-likeness (QED) is 0.855. The highest BCUT2D eigenvalue weighted by molar-refractivity contribution is 7.96. The number of fused-ring (bicyclic) bond motifs is 1. The molecular formula is C16H17N3OS. The molecule has 1 aromatic heterocycles. The normalized spacial score (nSPS) is 13.6. The van der Waals surface area contributed by atoms with Gasteiger partial charge < -0.3 is 14.6 Å². The van der Waals surface area contributed by atoms with Crippen LogP contribution in [-0.2, 0) is 6.54 Å². The molecule has 2 aromatic rings. The van der Waals surface area contributed by atoms with E-state index in [0.29, 0.717) is 0 Å². The predicted molar refractivity (Wildman–Crippen MR) is 88.9 cm³/mol. The van der Waals surface area contributed by atoms with Gasteiger partial charge in [0.1, 0.15) is 0 Å². The molecule has 5 heteroatoms. The Morgan fingerprint density at radius 3 is 2.86 bits per heavy atom. The van der Waals surface area contributed by atoms with Gasteiger partial charge in [0.05, 0.1) is 17.8 Å². The topological polar surface area (TPSA) is 48.1 Å². The van der Waals surface area contributed by atoms with Gasteiger partial charge in [0.25, 0.3) is 5.56 Å². The van der Waals surface area contributed by atoms with Crippen LogP contribution >= 0.6 is 11.9 Å². The van der Waals surface area contributed by atoms with Crippen molar-refractivity contribution in [2.45, 2.75) is 13.5 Å². The van der Waals surface area contributed by atoms with Crippen LogP contribution in [-0.4, -0.2) is 15.5 Å². The first kappa shape index (κ1) is 13.8. The summed E-state index contributed by atoms with van der Waals surface area (Å²) < 4.78 is 2.11. The van der Waals surface area contributed by atoms with Crippen LogP contribution in [0, 0.1) is 6.92 Å². The second-order valence-corrected chi connectivity index (χ2v) is 5.78. The van der Waals surface area contributed by atoms with E-state index >= 15 is 0 Å². The molecule has 0 fully saturated rings. The molecule has 21 heavy (non-hydrogen) atoms. The minimum absolute atomic E-state index is 0.0550. The van der Waals surface area contributed by atoms with Crippen molar-refractivity contribution in [1.82, 2.24) is 9.29 Å². The average Bonchev–Trinajstić information content (AvgIpc) is 2.49. The molecule has 0 saturated heterocycles. The number of H-pyrrole nitrogens is 1. The van der Waals surface area contributed by atoms with Gasteiger partial charge in [0, 0.05) is 24.3 Å². The Morgan fingerprint density at radius 1 is 1.29 bits per heavy atom. The summed E-state index contributed by atoms with van der Waals surface area (Å²) in [6.07, 6.45) is 5.73. The number of aromatic nitrogens is 1. The zero-order chi connectivity index (χ0) is 14.8. The monoisotopic (exact) mass is 299 g/mol. The molecule has 1 aliphatic heterocycles. The molecule has 2 heterocycles. The van der Waals surface area contributed by atoms with Crippen molar-refractivity contribution < 1.29 is 0 Å². The number of aryl methyl sites for hydroxylation is 1. The van der Waals surface area contributed by atoms with Crippen molar-refractivity contribution in [3.63, 3.8) is 0 Å². The summed E-state index contributed by atoms with van der Waals surface area (Å²) in [5.74, 6) is 0. The molecule has 1 aromatic carbocycles. The summed E-state index contributed by atoms with van der Waals surface area (Å²) in [4.78, 5) is 14.9. The first-order valence-corrected chi connectivity index (χ1v) is 7.93. The average molecular weight is 299 g/mol. The Labute approximate surface area is 128 Å². The number of para-hydroxylation sites is 1. The summed E-state index contributed by atoms with van der Waals surface area (Å²) in [6.45, 7) is 2.79. The van der Waals surface area contributed by atoms with E-state index in [1.54, 1.807) is 18.1 Å². The summed E-state index contributed by atoms with van der Waals surface area (Å²) in [5.41, 5.74) is 4.70. The fourth-order valence-corrected chi connectivity index (χ4v) is 2.92. The van der Waals surface area contributed by atoms with Gasteiger partial charge >= 0.3 is 0 Å². The summed E-state index contributed by atoms with van der Waals surface area (Å²) in [7, 11) is 0. The second-order valence-electron chi connectivity index (χ2n) is 4.95. The van der Waals surface area contributed by atoms with Crippen LogP contribution in [0.3, 0.4) is 0 Å². The maximum absolute atomic E-state index is 12.2. The van der Waals surface area contributed by atoms with Crippen LogP contribution in [0.15, 0.2) is 47.5 Å². The number of nitrogens with one attached hydrogen (secondary N) is 2. The summed E-state index contributed by atoms with van der Waals surface area (Å²) in [5, 5.41) is 3.40. The molecule has 0 spiro atoms. The molecule has 0 radical (unpaired) electrons. The summed E-state index contributed by atoms with van der Waals surface area (Å²) >= 11 is 1.64. The van der Waals surface area contributed by atoms with E-state index in [1.165, 1.54) is 0 Å². The zero-order valence-corrected chi connectivity index (χ0v) is 12.8. The zero-order valence-electron chi connectivity index (χ0n) is 12.0. The molecule has 3 rings (SSSR count). The maximum atomic E-state index is 12.2. The fourth-order valence-electron chi connectivity index (χ4n) is 2.44. The van der Waals surface area contributed by atoms with Gasteiger partial charge in [-0.15, -0.1) is 0 Å². The lowest BCUT2D eigenvalue weighted by atomic mass is 10.0. The second kappa shape index (κ2) is 5.69. The van der Waals surface area contributed by atoms with Crippen molar-refractivity contribution in [2.24, 2.45) is 0 Å². The Balaban J connectivity index is 2.06. The number of benzene rings is 1. The van der Waals surface area contributed by atoms with Crippen LogP contribution in [0.5, 0.6) is 0 Å². The Kier molecular flexibility index (Phi) is 3.75. The van der Waals surface area contributed by atoms with Crippen molar-refractivity contribution in [1.29, 1.82) is 0 Å². The van der Waals surface area contributed by atoms with Crippen LogP contribution in [0.2, 0.25) is 0 Å². The fraction of sp³-hybridized carbons (Fsp3) is 0.188. The van der Waals surface area contributed by atoms with Gasteiger partial charge in [-0.2, -0.15) is 0 Å². The van der Waals surface area contributed by atoms with Crippen molar-refractivity contribution >= 4 is 23.3 Å². The number of anilines is 1. The minimum atomic E-state index is -0.0550. The lowest BCUT2D eigenvalue weighted by molar-refractivity contribution is 0.609. The lowest BCUT2D eigenvalue weighted by Gasteiger charge is -2.27. The maximum Gasteiger partial charge on any atom is 0.257 e. The molecule has 1 aliphatic rings. The smallest absolute Gasteiger partial charge is 0.257 e. The molecule has 108 valence electrons. The van der Waals surface area contributed by atoms with Crippen LogP contribution in [0.25, 0.3) is 5.70 Å². The molecule has 0 bridgehead atoms. The number of hydrogen-bond donors (Lipinski definition) is 2. The number of hydrogen-bond acceptors (Lipinski definition) is 4. The molecule has 0 unspecified atom stereocenters. The van der Waals surface area contributed by atoms with Crippen LogP contribution < -0.4 is 10.9 Å². The highest BCUT2D eigenvalue weighted by atomic mass is 32.2. The molecule has 0 saturated carbocycles. The molecule has 4 nitrogen and oxygen atoms in total. The number of aromatic amines is 1. The molecular weight excluding hydrogens is 282 g/mol. The van der Waals surface area contributed by atoms with Crippen LogP contribution in [0.1, 0.15) is 16.7 Å². The first-order chi connectivity index (χ1) is 10.2. The third kappa shape index (κ3) is 2.69. The standard InChI is InChI=1S/C16H17N3OS/c1-11-5-3-4-6-13(11)18-14-10-19(21-2)9-12-7-8-17-16(20)15(12)14/h3-8,10,18H,9H2,1-2H3,(H,17,20). The van der Waals surface area contributed by atoms with Gasteiger partial charge in [-0.3, -0.25) is 4.79 Å². The SMILES string of the molecule is CSN1C=C(Nc2ccccc2C)c2c(cc[nH]c2=O)C1. The largest absolute Gasteiger partial charge is 0.353 e. The predicted octanol–water partition coefficient (Wildman–Crippen LogP) is 3.19. The van der Waals surface area contributed by atoms with E-state index in [9.17, 15) is 4.79 Å². The first-order valence-electron chi connectivity index (χ1n) is 6.75. The van der Waals surface area contributed by atoms with Crippen molar-refractivity contribution in [2.75, 3.05) is 11.6 Å². The lowest BCUT2D eigenvalue weighted by Crippen LogP contribution is -2.25. The number of rotatable bonds is 3. The van der Waals surface area contributed by atoms with Gasteiger partial charge in [-0.1, -0.05) is 30.1 Å². The Morgan fingerprint density at radius 2 is 2.10 bits per heavy atom. The minimum Gasteiger partial charge on any atom is -0.353 e. The van der Waals surface area contributed by atoms with Gasteiger partial charge in [-0.25, -0.2) is 0 Å². The van der Waals surface area contributed by atoms with E-state index in [0.717, 1.165) is 34.6 Å². The van der Waals surface area contributed by atoms with E-state index < -0.39 is 0 Å². The number of pyridine rings is 1. The van der Waals surface area contributed by atoms with Gasteiger partial charge in [0.15, 0.2) is 0 Å². The Hall–Kier alpha value is -2.14. The van der Waals surface area contributed by atoms with E-state index in [1.807, 2.05) is 49.7 Å². The highest BCUT2D eigenvalue weighted by Crippen LogP contribution is 2.28. The summed E-state index contributed by atoms with van der Waals surface area (Å²) in [6, 6.07) is 10.0. The van der Waals surface area contributed by atoms with Gasteiger partial charge in [-0.05, 0) is 30.2 Å².